The van der Waals surface area contributed by atoms with Gasteiger partial charge in [-0.1, -0.05) is 26.1 Å². The van der Waals surface area contributed by atoms with E-state index < -0.39 is 5.41 Å². The summed E-state index contributed by atoms with van der Waals surface area (Å²) in [5.41, 5.74) is 4.77. The number of hydrogen-bond donors (Lipinski definition) is 1. The van der Waals surface area contributed by atoms with Gasteiger partial charge in [-0.2, -0.15) is 0 Å². The second-order valence-corrected chi connectivity index (χ2v) is 5.10. The van der Waals surface area contributed by atoms with E-state index >= 15 is 0 Å². The van der Waals surface area contributed by atoms with Crippen LogP contribution in [0.15, 0.2) is 0 Å². The van der Waals surface area contributed by atoms with Crippen LogP contribution in [-0.2, 0) is 14.3 Å². The third kappa shape index (κ3) is 3.66. The fraction of sp³-hybridized carbons (Fsp3) is 0.750. The van der Waals surface area contributed by atoms with Crippen LogP contribution in [0.2, 0.25) is 0 Å². The minimum Gasteiger partial charge on any atom is -0.469 e. The third-order valence-electron chi connectivity index (χ3n) is 3.22. The van der Waals surface area contributed by atoms with Crippen molar-refractivity contribution >= 4 is 29.1 Å². The number of nitrogens with zero attached hydrogens (tertiary/aromatic N) is 1. The molecule has 2 atom stereocenters. The fourth-order valence-electron chi connectivity index (χ4n) is 1.62. The van der Waals surface area contributed by atoms with Gasteiger partial charge >= 0.3 is 5.97 Å². The molecule has 0 aliphatic carbocycles. The van der Waals surface area contributed by atoms with E-state index in [0.717, 1.165) is 0 Å². The van der Waals surface area contributed by atoms with Gasteiger partial charge in [-0.15, -0.1) is 0 Å². The zero-order valence-corrected chi connectivity index (χ0v) is 12.5. The van der Waals surface area contributed by atoms with Crippen LogP contribution in [0.1, 0.15) is 27.2 Å². The average molecular weight is 274 g/mol. The highest BCUT2D eigenvalue weighted by atomic mass is 32.1. The molecule has 0 rings (SSSR count). The SMILES string of the molecule is CCC(C)(C(=O)N(C)CC(C)C(=O)OC)C(N)=S. The lowest BCUT2D eigenvalue weighted by atomic mass is 9.85. The minimum atomic E-state index is -0.861. The molecule has 0 aliphatic rings. The first-order chi connectivity index (χ1) is 8.20. The molecule has 0 aromatic heterocycles. The van der Waals surface area contributed by atoms with Gasteiger partial charge < -0.3 is 15.4 Å². The summed E-state index contributed by atoms with van der Waals surface area (Å²) < 4.78 is 4.62. The van der Waals surface area contributed by atoms with Crippen molar-refractivity contribution in [3.05, 3.63) is 0 Å². The number of carbonyl (C=O) groups is 2. The molecule has 18 heavy (non-hydrogen) atoms. The van der Waals surface area contributed by atoms with Gasteiger partial charge in [0.15, 0.2) is 0 Å². The number of amides is 1. The minimum absolute atomic E-state index is 0.173. The highest BCUT2D eigenvalue weighted by Gasteiger charge is 2.37. The lowest BCUT2D eigenvalue weighted by Crippen LogP contribution is -2.48. The summed E-state index contributed by atoms with van der Waals surface area (Å²) in [5.74, 6) is -0.896. The molecule has 104 valence electrons. The largest absolute Gasteiger partial charge is 0.469 e. The lowest BCUT2D eigenvalue weighted by molar-refractivity contribution is -0.147. The van der Waals surface area contributed by atoms with E-state index in [4.69, 9.17) is 18.0 Å². The number of carbonyl (C=O) groups excluding carboxylic acids is 2. The molecule has 0 aromatic rings. The Balaban J connectivity index is 4.79. The molecule has 0 saturated heterocycles. The third-order valence-corrected chi connectivity index (χ3v) is 3.67. The maximum absolute atomic E-state index is 12.3. The van der Waals surface area contributed by atoms with Crippen molar-refractivity contribution in [1.29, 1.82) is 0 Å². The average Bonchev–Trinajstić information content (AvgIpc) is 2.35. The first kappa shape index (κ1) is 16.8. The van der Waals surface area contributed by atoms with Crippen molar-refractivity contribution in [3.63, 3.8) is 0 Å². The number of ether oxygens (including phenoxy) is 1. The van der Waals surface area contributed by atoms with E-state index in [2.05, 4.69) is 4.74 Å². The Kier molecular flexibility index (Phi) is 6.25. The van der Waals surface area contributed by atoms with Crippen molar-refractivity contribution < 1.29 is 14.3 Å². The Hall–Kier alpha value is -1.17. The Morgan fingerprint density at radius 3 is 2.33 bits per heavy atom. The normalized spacial score (nSPS) is 15.4. The standard InChI is InChI=1S/C12H22N2O3S/c1-6-12(3,10(13)18)11(16)14(4)7-8(2)9(15)17-5/h8H,6-7H2,1-5H3,(H2,13,18). The van der Waals surface area contributed by atoms with Crippen molar-refractivity contribution in [2.24, 2.45) is 17.1 Å². The molecule has 0 saturated carbocycles. The second kappa shape index (κ2) is 6.68. The van der Waals surface area contributed by atoms with Crippen molar-refractivity contribution in [2.45, 2.75) is 27.2 Å². The number of methoxy groups -OCH3 is 1. The monoisotopic (exact) mass is 274 g/mol. The molecule has 0 radical (unpaired) electrons. The van der Waals surface area contributed by atoms with Gasteiger partial charge in [-0.05, 0) is 13.3 Å². The first-order valence-corrected chi connectivity index (χ1v) is 6.24. The molecule has 6 heteroatoms. The zero-order valence-electron chi connectivity index (χ0n) is 11.6. The van der Waals surface area contributed by atoms with Gasteiger partial charge in [0.2, 0.25) is 5.91 Å². The van der Waals surface area contributed by atoms with E-state index in [-0.39, 0.29) is 29.3 Å². The summed E-state index contributed by atoms with van der Waals surface area (Å²) in [6.45, 7) is 5.56. The summed E-state index contributed by atoms with van der Waals surface area (Å²) in [6, 6.07) is 0. The Labute approximate surface area is 114 Å². The molecule has 0 fully saturated rings. The van der Waals surface area contributed by atoms with Gasteiger partial charge in [-0.3, -0.25) is 9.59 Å². The highest BCUT2D eigenvalue weighted by Crippen LogP contribution is 2.24. The lowest BCUT2D eigenvalue weighted by Gasteiger charge is -2.31. The molecule has 0 heterocycles. The fourth-order valence-corrected chi connectivity index (χ4v) is 1.85. The van der Waals surface area contributed by atoms with Crippen LogP contribution >= 0.6 is 12.2 Å². The van der Waals surface area contributed by atoms with Crippen molar-refractivity contribution in [2.75, 3.05) is 20.7 Å². The van der Waals surface area contributed by atoms with Gasteiger partial charge in [-0.25, -0.2) is 0 Å². The number of nitrogens with two attached hydrogens (primary N) is 1. The zero-order chi connectivity index (χ0) is 14.5. The molecular formula is C12H22N2O3S. The summed E-state index contributed by atoms with van der Waals surface area (Å²) in [4.78, 5) is 25.3. The van der Waals surface area contributed by atoms with Gasteiger partial charge in [0, 0.05) is 13.6 Å². The molecule has 1 amide bonds. The quantitative estimate of drug-likeness (QED) is 0.577. The summed E-state index contributed by atoms with van der Waals surface area (Å²) in [5, 5.41) is 0. The predicted octanol–water partition coefficient (Wildman–Crippen LogP) is 0.956. The maximum Gasteiger partial charge on any atom is 0.310 e. The molecule has 0 bridgehead atoms. The summed E-state index contributed by atoms with van der Waals surface area (Å²) in [7, 11) is 2.96. The molecule has 2 N–H and O–H groups in total. The second-order valence-electron chi connectivity index (χ2n) is 4.66. The van der Waals surface area contributed by atoms with Gasteiger partial charge in [0.05, 0.1) is 23.4 Å². The van der Waals surface area contributed by atoms with Crippen molar-refractivity contribution in [1.82, 2.24) is 4.90 Å². The smallest absolute Gasteiger partial charge is 0.310 e. The number of thiocarbonyl (C=S) groups is 1. The van der Waals surface area contributed by atoms with E-state index in [1.165, 1.54) is 12.0 Å². The predicted molar refractivity (Wildman–Crippen MR) is 74.0 cm³/mol. The molecule has 0 aliphatic heterocycles. The Morgan fingerprint density at radius 2 is 2.00 bits per heavy atom. The highest BCUT2D eigenvalue weighted by molar-refractivity contribution is 7.80. The summed E-state index contributed by atoms with van der Waals surface area (Å²) in [6.07, 6.45) is 0.526. The Morgan fingerprint density at radius 1 is 1.50 bits per heavy atom. The van der Waals surface area contributed by atoms with Crippen LogP contribution in [-0.4, -0.2) is 42.5 Å². The van der Waals surface area contributed by atoms with Crippen LogP contribution in [0.25, 0.3) is 0 Å². The molecule has 2 unspecified atom stereocenters. The number of rotatable bonds is 6. The Bertz CT molecular complexity index is 346. The topological polar surface area (TPSA) is 72.6 Å². The first-order valence-electron chi connectivity index (χ1n) is 5.84. The van der Waals surface area contributed by atoms with E-state index in [1.807, 2.05) is 6.92 Å². The van der Waals surface area contributed by atoms with Gasteiger partial charge in [0.25, 0.3) is 0 Å². The van der Waals surface area contributed by atoms with Crippen LogP contribution in [0, 0.1) is 11.3 Å². The number of esters is 1. The van der Waals surface area contributed by atoms with E-state index in [9.17, 15) is 9.59 Å². The molecule has 0 aromatic carbocycles. The summed E-state index contributed by atoms with van der Waals surface area (Å²) >= 11 is 4.95. The molecule has 0 spiro atoms. The maximum atomic E-state index is 12.3. The van der Waals surface area contributed by atoms with E-state index in [1.54, 1.807) is 20.9 Å². The molecule has 5 nitrogen and oxygen atoms in total. The van der Waals surface area contributed by atoms with Crippen LogP contribution in [0.5, 0.6) is 0 Å². The van der Waals surface area contributed by atoms with Crippen LogP contribution < -0.4 is 5.73 Å². The van der Waals surface area contributed by atoms with Crippen molar-refractivity contribution in [3.8, 4) is 0 Å². The van der Waals surface area contributed by atoms with E-state index in [0.29, 0.717) is 6.42 Å². The molecular weight excluding hydrogens is 252 g/mol. The van der Waals surface area contributed by atoms with Crippen LogP contribution in [0.4, 0.5) is 0 Å². The van der Waals surface area contributed by atoms with Crippen LogP contribution in [0.3, 0.4) is 0 Å². The van der Waals surface area contributed by atoms with Gasteiger partial charge in [0.1, 0.15) is 0 Å². The number of hydrogen-bond acceptors (Lipinski definition) is 4.